The third-order valence-corrected chi connectivity index (χ3v) is 7.15. The van der Waals surface area contributed by atoms with Crippen LogP contribution < -0.4 is 10.6 Å². The predicted molar refractivity (Wildman–Crippen MR) is 102 cm³/mol. The molecule has 0 aliphatic carbocycles. The van der Waals surface area contributed by atoms with Crippen LogP contribution in [0, 0.1) is 0 Å². The fourth-order valence-corrected chi connectivity index (χ4v) is 5.62. The highest BCUT2D eigenvalue weighted by atomic mass is 31.2. The molecule has 1 aliphatic rings. The number of hydrogen-bond acceptors (Lipinski definition) is 4. The summed E-state index contributed by atoms with van der Waals surface area (Å²) in [5.74, 6) is -0.492. The molecule has 1 heterocycles. The minimum Gasteiger partial charge on any atom is -0.464 e. The first-order valence-electron chi connectivity index (χ1n) is 8.60. The van der Waals surface area contributed by atoms with Crippen LogP contribution >= 0.6 is 7.29 Å². The third-order valence-electron chi connectivity index (χ3n) is 4.14. The Bertz CT molecular complexity index is 779. The number of ether oxygens (including phenoxy) is 1. The number of esters is 1. The van der Waals surface area contributed by atoms with Crippen molar-refractivity contribution in [3.8, 4) is 0 Å². The van der Waals surface area contributed by atoms with Crippen molar-refractivity contribution in [2.24, 2.45) is 0 Å². The largest absolute Gasteiger partial charge is 0.464 e. The third kappa shape index (κ3) is 3.51. The molecule has 26 heavy (non-hydrogen) atoms. The van der Waals surface area contributed by atoms with Gasteiger partial charge in [-0.1, -0.05) is 42.5 Å². The SMILES string of the molecule is CCOC(=O)[C@@H]1C=C[C@H](C)N(P(=O)(c2ccccc2)c2ccccc2)O1. The van der Waals surface area contributed by atoms with Gasteiger partial charge >= 0.3 is 5.97 Å². The molecule has 0 radical (unpaired) electrons. The number of nitrogens with zero attached hydrogens (tertiary/aromatic N) is 1. The van der Waals surface area contributed by atoms with Crippen molar-refractivity contribution in [2.45, 2.75) is 26.0 Å². The van der Waals surface area contributed by atoms with Crippen molar-refractivity contribution >= 4 is 23.9 Å². The smallest absolute Gasteiger partial charge is 0.341 e. The van der Waals surface area contributed by atoms with Crippen LogP contribution in [-0.2, 0) is 18.9 Å². The standard InChI is InChI=1S/C20H22NO4P/c1-3-24-20(22)19-15-14-16(2)21(25-19)26(23,17-10-6-4-7-11-17)18-12-8-5-9-13-18/h4-16,19H,3H2,1-2H3/t16-,19-/m0/s1. The summed E-state index contributed by atoms with van der Waals surface area (Å²) in [5, 5.41) is 1.30. The van der Waals surface area contributed by atoms with Crippen LogP contribution in [0.2, 0.25) is 0 Å². The van der Waals surface area contributed by atoms with Crippen molar-refractivity contribution in [3.05, 3.63) is 72.8 Å². The maximum absolute atomic E-state index is 14.3. The molecule has 3 rings (SSSR count). The first-order chi connectivity index (χ1) is 12.6. The van der Waals surface area contributed by atoms with E-state index in [1.54, 1.807) is 13.0 Å². The van der Waals surface area contributed by atoms with Gasteiger partial charge in [-0.3, -0.25) is 9.40 Å². The maximum atomic E-state index is 14.3. The molecule has 0 spiro atoms. The summed E-state index contributed by atoms with van der Waals surface area (Å²) < 4.78 is 19.4. The highest BCUT2D eigenvalue weighted by Crippen LogP contribution is 2.50. The Morgan fingerprint density at radius 2 is 1.58 bits per heavy atom. The molecule has 0 amide bonds. The molecule has 0 fully saturated rings. The summed E-state index contributed by atoms with van der Waals surface area (Å²) in [6.07, 6.45) is 2.57. The van der Waals surface area contributed by atoms with Gasteiger partial charge in [0.2, 0.25) is 7.29 Å². The van der Waals surface area contributed by atoms with Crippen molar-refractivity contribution in [1.29, 1.82) is 0 Å². The molecule has 6 heteroatoms. The Balaban J connectivity index is 2.06. The second-order valence-corrected chi connectivity index (χ2v) is 8.53. The quantitative estimate of drug-likeness (QED) is 0.459. The zero-order valence-electron chi connectivity index (χ0n) is 14.8. The van der Waals surface area contributed by atoms with E-state index in [-0.39, 0.29) is 12.6 Å². The molecule has 0 saturated heterocycles. The van der Waals surface area contributed by atoms with Gasteiger partial charge in [-0.15, -0.1) is 4.83 Å². The molecule has 0 aromatic heterocycles. The van der Waals surface area contributed by atoms with Gasteiger partial charge in [0, 0.05) is 10.6 Å². The molecule has 1 aliphatic heterocycles. The van der Waals surface area contributed by atoms with Gasteiger partial charge in [0.25, 0.3) is 0 Å². The van der Waals surface area contributed by atoms with Gasteiger partial charge in [-0.05, 0) is 44.2 Å². The Morgan fingerprint density at radius 3 is 2.08 bits per heavy atom. The summed E-state index contributed by atoms with van der Waals surface area (Å²) in [7, 11) is -3.30. The number of hydrogen-bond donors (Lipinski definition) is 0. The van der Waals surface area contributed by atoms with E-state index in [0.29, 0.717) is 10.6 Å². The van der Waals surface area contributed by atoms with Crippen LogP contribution in [0.3, 0.4) is 0 Å². The van der Waals surface area contributed by atoms with Crippen LogP contribution in [0.1, 0.15) is 13.8 Å². The molecule has 0 saturated carbocycles. The molecule has 0 N–H and O–H groups in total. The van der Waals surface area contributed by atoms with Gasteiger partial charge in [-0.2, -0.15) is 0 Å². The molecular weight excluding hydrogens is 349 g/mol. The fraction of sp³-hybridized carbons (Fsp3) is 0.250. The van der Waals surface area contributed by atoms with Crippen LogP contribution in [0.25, 0.3) is 0 Å². The summed E-state index contributed by atoms with van der Waals surface area (Å²) in [4.78, 5) is 19.5. The number of hydroxylamine groups is 1. The maximum Gasteiger partial charge on any atom is 0.341 e. The Kier molecular flexibility index (Phi) is 5.72. The second-order valence-electron chi connectivity index (χ2n) is 5.95. The summed E-state index contributed by atoms with van der Waals surface area (Å²) in [6.45, 7) is 3.89. The summed E-state index contributed by atoms with van der Waals surface area (Å²) >= 11 is 0. The van der Waals surface area contributed by atoms with Crippen LogP contribution in [-0.4, -0.2) is 29.6 Å². The van der Waals surface area contributed by atoms with Crippen molar-refractivity contribution in [3.63, 3.8) is 0 Å². The van der Waals surface area contributed by atoms with Gasteiger partial charge in [0.15, 0.2) is 6.10 Å². The number of benzene rings is 2. The molecule has 136 valence electrons. The lowest BCUT2D eigenvalue weighted by molar-refractivity contribution is -0.181. The molecule has 5 nitrogen and oxygen atoms in total. The Morgan fingerprint density at radius 1 is 1.04 bits per heavy atom. The molecule has 2 aromatic carbocycles. The minimum absolute atomic E-state index is 0.261. The number of rotatable bonds is 5. The number of carbonyl (C=O) groups is 1. The van der Waals surface area contributed by atoms with Crippen molar-refractivity contribution < 1.29 is 18.9 Å². The van der Waals surface area contributed by atoms with Crippen LogP contribution in [0.15, 0.2) is 72.8 Å². The normalized spacial score (nSPS) is 20.7. The van der Waals surface area contributed by atoms with E-state index >= 15 is 0 Å². The van der Waals surface area contributed by atoms with E-state index in [9.17, 15) is 9.36 Å². The lowest BCUT2D eigenvalue weighted by atomic mass is 10.2. The second kappa shape index (κ2) is 8.00. The highest BCUT2D eigenvalue weighted by molar-refractivity contribution is 7.76. The molecule has 2 aromatic rings. The van der Waals surface area contributed by atoms with E-state index in [0.717, 1.165) is 0 Å². The molecule has 0 bridgehead atoms. The Hall–Kier alpha value is -2.20. The lowest BCUT2D eigenvalue weighted by Gasteiger charge is -2.38. The Labute approximate surface area is 153 Å². The first-order valence-corrected chi connectivity index (χ1v) is 10.3. The van der Waals surface area contributed by atoms with E-state index in [4.69, 9.17) is 9.57 Å². The topological polar surface area (TPSA) is 55.8 Å². The van der Waals surface area contributed by atoms with E-state index in [1.807, 2.05) is 73.7 Å². The van der Waals surface area contributed by atoms with Gasteiger partial charge in [-0.25, -0.2) is 4.79 Å². The van der Waals surface area contributed by atoms with E-state index in [1.165, 1.54) is 4.83 Å². The van der Waals surface area contributed by atoms with Gasteiger partial charge in [0.1, 0.15) is 0 Å². The molecule has 2 atom stereocenters. The van der Waals surface area contributed by atoms with Gasteiger partial charge < -0.3 is 4.74 Å². The lowest BCUT2D eigenvalue weighted by Crippen LogP contribution is -2.44. The first kappa shape index (κ1) is 18.6. The monoisotopic (exact) mass is 371 g/mol. The van der Waals surface area contributed by atoms with Crippen LogP contribution in [0.5, 0.6) is 0 Å². The minimum atomic E-state index is -3.30. The van der Waals surface area contributed by atoms with E-state index < -0.39 is 19.4 Å². The van der Waals surface area contributed by atoms with Crippen molar-refractivity contribution in [1.82, 2.24) is 4.83 Å². The zero-order chi connectivity index (χ0) is 18.6. The molecular formula is C20H22NO4P. The van der Waals surface area contributed by atoms with Gasteiger partial charge in [0.05, 0.1) is 12.6 Å². The average molecular weight is 371 g/mol. The predicted octanol–water partition coefficient (Wildman–Crippen LogP) is 3.04. The zero-order valence-corrected chi connectivity index (χ0v) is 15.7. The molecule has 0 unspecified atom stereocenters. The fourth-order valence-electron chi connectivity index (χ4n) is 2.89. The highest BCUT2D eigenvalue weighted by Gasteiger charge is 2.42. The summed E-state index contributed by atoms with van der Waals surface area (Å²) in [6, 6.07) is 18.1. The number of carbonyl (C=O) groups excluding carboxylic acids is 1. The van der Waals surface area contributed by atoms with E-state index in [2.05, 4.69) is 0 Å². The summed E-state index contributed by atoms with van der Waals surface area (Å²) in [5.41, 5.74) is 0. The average Bonchev–Trinajstić information content (AvgIpc) is 2.69. The van der Waals surface area contributed by atoms with Crippen molar-refractivity contribution in [2.75, 3.05) is 6.61 Å². The van der Waals surface area contributed by atoms with Crippen LogP contribution in [0.4, 0.5) is 0 Å².